The third kappa shape index (κ3) is 4.03. The Morgan fingerprint density at radius 3 is 2.43 bits per heavy atom. The first-order valence-corrected chi connectivity index (χ1v) is 7.05. The summed E-state index contributed by atoms with van der Waals surface area (Å²) >= 11 is 11.9. The maximum absolute atomic E-state index is 11.6. The van der Waals surface area contributed by atoms with Crippen LogP contribution in [0.1, 0.15) is 17.3 Å². The Balaban J connectivity index is 2.23. The fourth-order valence-electron chi connectivity index (χ4n) is 1.80. The average molecular weight is 325 g/mol. The number of carbonyl (C=O) groups is 1. The minimum Gasteiger partial charge on any atom is -0.462 e. The molecular weight excluding hydrogens is 311 g/mol. The lowest BCUT2D eigenvalue weighted by molar-refractivity contribution is 0.0526. The van der Waals surface area contributed by atoms with Crippen LogP contribution >= 0.6 is 23.2 Å². The maximum Gasteiger partial charge on any atom is 0.338 e. The Hall–Kier alpha value is -1.91. The molecule has 0 aliphatic heterocycles. The number of nitrogens with one attached hydrogen (secondary N) is 1. The number of halogens is 2. The smallest absolute Gasteiger partial charge is 0.338 e. The molecule has 0 radical (unpaired) electrons. The lowest BCUT2D eigenvalue weighted by Gasteiger charge is -2.11. The van der Waals surface area contributed by atoms with Crippen molar-refractivity contribution >= 4 is 46.2 Å². The highest BCUT2D eigenvalue weighted by Crippen LogP contribution is 2.28. The fourth-order valence-corrected chi connectivity index (χ4v) is 2.33. The summed E-state index contributed by atoms with van der Waals surface area (Å²) in [6.07, 6.45) is 0. The summed E-state index contributed by atoms with van der Waals surface area (Å²) in [7, 11) is 0. The summed E-state index contributed by atoms with van der Waals surface area (Å²) in [6, 6.07) is 10.0. The van der Waals surface area contributed by atoms with Gasteiger partial charge in [-0.3, -0.25) is 0 Å². The van der Waals surface area contributed by atoms with Crippen LogP contribution in [0.4, 0.5) is 17.1 Å². The minimum atomic E-state index is -0.401. The summed E-state index contributed by atoms with van der Waals surface area (Å²) < 4.78 is 4.92. The van der Waals surface area contributed by atoms with Gasteiger partial charge in [-0.1, -0.05) is 23.2 Å². The molecule has 0 unspecified atom stereocenters. The molecule has 6 heteroatoms. The van der Waals surface area contributed by atoms with E-state index in [1.807, 2.05) is 0 Å². The van der Waals surface area contributed by atoms with Crippen LogP contribution in [0.2, 0.25) is 10.0 Å². The predicted molar refractivity (Wildman–Crippen MR) is 86.6 cm³/mol. The Morgan fingerprint density at radius 2 is 1.86 bits per heavy atom. The molecule has 0 bridgehead atoms. The van der Waals surface area contributed by atoms with E-state index in [2.05, 4.69) is 5.32 Å². The minimum absolute atomic E-state index is 0.319. The van der Waals surface area contributed by atoms with Gasteiger partial charge in [-0.15, -0.1) is 0 Å². The van der Waals surface area contributed by atoms with Gasteiger partial charge in [0, 0.05) is 15.7 Å². The van der Waals surface area contributed by atoms with Crippen LogP contribution in [0.5, 0.6) is 0 Å². The molecule has 0 saturated heterocycles. The molecule has 0 aliphatic carbocycles. The normalized spacial score (nSPS) is 10.2. The van der Waals surface area contributed by atoms with Gasteiger partial charge in [0.1, 0.15) is 0 Å². The van der Waals surface area contributed by atoms with Crippen molar-refractivity contribution in [2.24, 2.45) is 0 Å². The van der Waals surface area contributed by atoms with E-state index in [0.717, 1.165) is 0 Å². The van der Waals surface area contributed by atoms with Crippen molar-refractivity contribution in [1.29, 1.82) is 0 Å². The molecule has 0 fully saturated rings. The highest BCUT2D eigenvalue weighted by atomic mass is 35.5. The maximum atomic E-state index is 11.6. The van der Waals surface area contributed by atoms with Crippen LogP contribution < -0.4 is 11.1 Å². The van der Waals surface area contributed by atoms with E-state index in [1.54, 1.807) is 43.3 Å². The van der Waals surface area contributed by atoms with Gasteiger partial charge in [0.15, 0.2) is 0 Å². The van der Waals surface area contributed by atoms with Gasteiger partial charge in [-0.2, -0.15) is 0 Å². The molecule has 2 aromatic carbocycles. The molecule has 0 saturated carbocycles. The zero-order chi connectivity index (χ0) is 15.4. The molecule has 3 N–H and O–H groups in total. The Labute approximate surface area is 132 Å². The van der Waals surface area contributed by atoms with Gasteiger partial charge < -0.3 is 15.8 Å². The number of anilines is 3. The number of hydrogen-bond acceptors (Lipinski definition) is 4. The number of carbonyl (C=O) groups excluding carboxylic acids is 1. The number of benzene rings is 2. The highest BCUT2D eigenvalue weighted by molar-refractivity contribution is 6.35. The first kappa shape index (κ1) is 15.5. The molecule has 0 aliphatic rings. The van der Waals surface area contributed by atoms with E-state index < -0.39 is 5.97 Å². The summed E-state index contributed by atoms with van der Waals surface area (Å²) in [4.78, 5) is 11.6. The largest absolute Gasteiger partial charge is 0.462 e. The second kappa shape index (κ2) is 6.70. The molecule has 0 spiro atoms. The molecule has 0 heterocycles. The third-order valence-corrected chi connectivity index (χ3v) is 3.14. The van der Waals surface area contributed by atoms with Gasteiger partial charge in [-0.05, 0) is 43.3 Å². The van der Waals surface area contributed by atoms with Gasteiger partial charge in [-0.25, -0.2) is 4.79 Å². The Morgan fingerprint density at radius 1 is 1.19 bits per heavy atom. The van der Waals surface area contributed by atoms with E-state index in [9.17, 15) is 4.79 Å². The van der Waals surface area contributed by atoms with Crippen LogP contribution in [-0.2, 0) is 4.74 Å². The van der Waals surface area contributed by atoms with E-state index >= 15 is 0 Å². The van der Waals surface area contributed by atoms with E-state index in [4.69, 9.17) is 33.7 Å². The number of nitrogen functional groups attached to an aromatic ring is 1. The van der Waals surface area contributed by atoms with Gasteiger partial charge in [0.05, 0.1) is 23.5 Å². The molecule has 0 amide bonds. The van der Waals surface area contributed by atoms with E-state index in [-0.39, 0.29) is 0 Å². The molecule has 4 nitrogen and oxygen atoms in total. The zero-order valence-electron chi connectivity index (χ0n) is 11.3. The second-order valence-electron chi connectivity index (χ2n) is 4.31. The monoisotopic (exact) mass is 324 g/mol. The summed E-state index contributed by atoms with van der Waals surface area (Å²) in [5.74, 6) is -0.401. The number of nitrogens with two attached hydrogens (primary N) is 1. The zero-order valence-corrected chi connectivity index (χ0v) is 12.8. The standard InChI is InChI=1S/C15H14Cl2N2O2/c1-2-21-15(20)9-3-4-14(13(18)5-9)19-12-7-10(16)6-11(17)8-12/h3-8,19H,2,18H2,1H3. The molecule has 0 aromatic heterocycles. The molecule has 21 heavy (non-hydrogen) atoms. The van der Waals surface area contributed by atoms with Crippen molar-refractivity contribution < 1.29 is 9.53 Å². The van der Waals surface area contributed by atoms with Crippen molar-refractivity contribution in [2.75, 3.05) is 17.7 Å². The number of esters is 1. The third-order valence-electron chi connectivity index (χ3n) is 2.70. The van der Waals surface area contributed by atoms with Crippen molar-refractivity contribution in [2.45, 2.75) is 6.92 Å². The van der Waals surface area contributed by atoms with Crippen molar-refractivity contribution in [3.63, 3.8) is 0 Å². The molecule has 2 rings (SSSR count). The summed E-state index contributed by atoms with van der Waals surface area (Å²) in [6.45, 7) is 2.07. The van der Waals surface area contributed by atoms with Crippen LogP contribution in [-0.4, -0.2) is 12.6 Å². The first-order valence-electron chi connectivity index (χ1n) is 6.29. The number of hydrogen-bond donors (Lipinski definition) is 2. The van der Waals surface area contributed by atoms with Crippen LogP contribution in [0.25, 0.3) is 0 Å². The van der Waals surface area contributed by atoms with E-state index in [0.29, 0.717) is 39.3 Å². The average Bonchev–Trinajstić information content (AvgIpc) is 2.40. The summed E-state index contributed by atoms with van der Waals surface area (Å²) in [5, 5.41) is 4.15. The predicted octanol–water partition coefficient (Wildman–Crippen LogP) is 4.50. The van der Waals surface area contributed by atoms with Gasteiger partial charge in [0.25, 0.3) is 0 Å². The highest BCUT2D eigenvalue weighted by Gasteiger charge is 2.09. The molecular formula is C15H14Cl2N2O2. The van der Waals surface area contributed by atoms with Gasteiger partial charge >= 0.3 is 5.97 Å². The molecule has 0 atom stereocenters. The van der Waals surface area contributed by atoms with Crippen molar-refractivity contribution in [3.8, 4) is 0 Å². The summed E-state index contributed by atoms with van der Waals surface area (Å²) in [5.41, 5.74) is 8.14. The van der Waals surface area contributed by atoms with E-state index in [1.165, 1.54) is 0 Å². The topological polar surface area (TPSA) is 64.3 Å². The number of rotatable bonds is 4. The second-order valence-corrected chi connectivity index (χ2v) is 5.18. The molecule has 2 aromatic rings. The molecule has 110 valence electrons. The van der Waals surface area contributed by atoms with Crippen LogP contribution in [0.15, 0.2) is 36.4 Å². The lowest BCUT2D eigenvalue weighted by atomic mass is 10.1. The van der Waals surface area contributed by atoms with Gasteiger partial charge in [0.2, 0.25) is 0 Å². The quantitative estimate of drug-likeness (QED) is 0.642. The SMILES string of the molecule is CCOC(=O)c1ccc(Nc2cc(Cl)cc(Cl)c2)c(N)c1. The van der Waals surface area contributed by atoms with Crippen LogP contribution in [0, 0.1) is 0 Å². The van der Waals surface area contributed by atoms with Crippen LogP contribution in [0.3, 0.4) is 0 Å². The van der Waals surface area contributed by atoms with Crippen molar-refractivity contribution in [1.82, 2.24) is 0 Å². The van der Waals surface area contributed by atoms with Crippen molar-refractivity contribution in [3.05, 3.63) is 52.0 Å². The Kier molecular flexibility index (Phi) is 4.94. The Bertz CT molecular complexity index is 654. The lowest BCUT2D eigenvalue weighted by Crippen LogP contribution is -2.06. The first-order chi connectivity index (χ1) is 9.99. The number of ether oxygens (including phenoxy) is 1. The fraction of sp³-hybridized carbons (Fsp3) is 0.133.